The summed E-state index contributed by atoms with van der Waals surface area (Å²) in [6.07, 6.45) is 0.769. The quantitative estimate of drug-likeness (QED) is 0.145. The molecule has 0 heterocycles. The van der Waals surface area contributed by atoms with Gasteiger partial charge in [-0.3, -0.25) is 4.91 Å². The smallest absolute Gasteiger partial charge is 0.373 e. The van der Waals surface area contributed by atoms with E-state index < -0.39 is 0 Å². The Morgan fingerprint density at radius 2 is 1.73 bits per heavy atom. The molecule has 0 aliphatic rings. The molecule has 0 unspecified atom stereocenters. The van der Waals surface area contributed by atoms with Gasteiger partial charge in [-0.2, -0.15) is 0 Å². The molecule has 0 aromatic carbocycles. The van der Waals surface area contributed by atoms with Gasteiger partial charge in [-0.05, 0) is 12.0 Å². The van der Waals surface area contributed by atoms with E-state index in [0.29, 0.717) is 12.4 Å². The van der Waals surface area contributed by atoms with Crippen LogP contribution in [0.25, 0.3) is 26.4 Å². The molecule has 8 heteroatoms. The number of hydrogen-bond donors (Lipinski definition) is 0. The monoisotopic (exact) mass is 184 g/mol. The summed E-state index contributed by atoms with van der Waals surface area (Å²) in [7, 11) is 0. The minimum Gasteiger partial charge on any atom is -0.373 e. The predicted octanol–water partition coefficient (Wildman–Crippen LogP) is -0.204. The number of alkyl halides is 1. The van der Waals surface area contributed by atoms with E-state index in [1.807, 2.05) is 0 Å². The van der Waals surface area contributed by atoms with E-state index in [1.165, 1.54) is 4.91 Å². The van der Waals surface area contributed by atoms with Crippen LogP contribution in [0, 0.1) is 0 Å². The number of rotatable bonds is 3. The maximum Gasteiger partial charge on any atom is 1.00 e. The Labute approximate surface area is 91.2 Å². The first-order valence-corrected chi connectivity index (χ1v) is 2.92. The molecule has 0 aliphatic carbocycles. The third-order valence-corrected chi connectivity index (χ3v) is 0.722. The van der Waals surface area contributed by atoms with Gasteiger partial charge in [0.25, 0.3) is 0 Å². The van der Waals surface area contributed by atoms with Crippen LogP contribution in [0.5, 0.6) is 0 Å². The summed E-state index contributed by atoms with van der Waals surface area (Å²) in [4.78, 5) is 4.04. The molecule has 0 aromatic rings. The fourth-order valence-electron chi connectivity index (χ4n) is 0.175. The number of azide groups is 1. The topological polar surface area (TPSA) is 107 Å². The summed E-state index contributed by atoms with van der Waals surface area (Å²) in [6, 6.07) is 0. The van der Waals surface area contributed by atoms with E-state index in [2.05, 4.69) is 10.0 Å². The van der Waals surface area contributed by atoms with Gasteiger partial charge in [0, 0.05) is 17.3 Å². The van der Waals surface area contributed by atoms with Gasteiger partial charge < -0.3 is 11.1 Å². The summed E-state index contributed by atoms with van der Waals surface area (Å²) < 4.78 is 0. The second kappa shape index (κ2) is 22.5. The number of halogens is 1. The predicted molar refractivity (Wildman–Crippen MR) is 39.4 cm³/mol. The van der Waals surface area contributed by atoms with E-state index in [9.17, 15) is 0 Å². The van der Waals surface area contributed by atoms with Gasteiger partial charge in [0.1, 0.15) is 0 Å². The Balaban J connectivity index is -0.000000140. The van der Waals surface area contributed by atoms with E-state index in [0.717, 1.165) is 6.42 Å². The van der Waals surface area contributed by atoms with Crippen molar-refractivity contribution in [3.8, 4) is 0 Å². The Bertz CT molecular complexity index is 137. The summed E-state index contributed by atoms with van der Waals surface area (Å²) in [6.45, 7) is 0.514. The molecule has 0 radical (unpaired) electrons. The molecule has 11 heavy (non-hydrogen) atoms. The molecular formula is C3H6ClN6Na. The molecule has 56 valence electrons. The normalized spacial score (nSPS) is 5.55. The molecule has 0 saturated heterocycles. The Hall–Kier alpha value is -0.0900. The summed E-state index contributed by atoms with van der Waals surface area (Å²) in [5.74, 6) is 0.568. The minimum absolute atomic E-state index is 0. The van der Waals surface area contributed by atoms with Crippen LogP contribution < -0.4 is 29.6 Å². The zero-order valence-corrected chi connectivity index (χ0v) is 8.94. The van der Waals surface area contributed by atoms with E-state index in [4.69, 9.17) is 28.2 Å². The largest absolute Gasteiger partial charge is 1.00 e. The molecular weight excluding hydrogens is 179 g/mol. The number of nitrogens with zero attached hydrogens (tertiary/aromatic N) is 6. The fourth-order valence-corrected chi connectivity index (χ4v) is 0.295. The molecule has 0 amide bonds. The SMILES string of the molecule is [N-]=[N+]=NCCCCl.[N-]=[N+]=[N-].[Na+]. The molecule has 0 aromatic heterocycles. The van der Waals surface area contributed by atoms with Gasteiger partial charge in [0.05, 0.1) is 0 Å². The second-order valence-electron chi connectivity index (χ2n) is 1.09. The van der Waals surface area contributed by atoms with Crippen molar-refractivity contribution in [2.45, 2.75) is 6.42 Å². The van der Waals surface area contributed by atoms with Crippen LogP contribution in [-0.2, 0) is 0 Å². The Morgan fingerprint density at radius 1 is 1.27 bits per heavy atom. The van der Waals surface area contributed by atoms with Gasteiger partial charge in [-0.15, -0.1) is 11.6 Å². The summed E-state index contributed by atoms with van der Waals surface area (Å²) in [5, 5.41) is 3.26. The van der Waals surface area contributed by atoms with Crippen molar-refractivity contribution in [2.24, 2.45) is 5.11 Å². The van der Waals surface area contributed by atoms with Crippen molar-refractivity contribution in [3.63, 3.8) is 0 Å². The van der Waals surface area contributed by atoms with E-state index >= 15 is 0 Å². The van der Waals surface area contributed by atoms with Crippen molar-refractivity contribution >= 4 is 11.6 Å². The van der Waals surface area contributed by atoms with E-state index in [1.54, 1.807) is 0 Å². The molecule has 0 bridgehead atoms. The van der Waals surface area contributed by atoms with Crippen molar-refractivity contribution in [2.75, 3.05) is 12.4 Å². The van der Waals surface area contributed by atoms with Crippen molar-refractivity contribution < 1.29 is 29.6 Å². The molecule has 0 fully saturated rings. The van der Waals surface area contributed by atoms with Gasteiger partial charge >= 0.3 is 29.6 Å². The first-order valence-electron chi connectivity index (χ1n) is 2.38. The zero-order valence-electron chi connectivity index (χ0n) is 6.18. The van der Waals surface area contributed by atoms with Crippen LogP contribution >= 0.6 is 11.6 Å². The van der Waals surface area contributed by atoms with Crippen molar-refractivity contribution in [3.05, 3.63) is 26.4 Å². The molecule has 6 nitrogen and oxygen atoms in total. The van der Waals surface area contributed by atoms with Gasteiger partial charge in [-0.1, -0.05) is 5.11 Å². The van der Waals surface area contributed by atoms with Crippen LogP contribution in [0.2, 0.25) is 0 Å². The van der Waals surface area contributed by atoms with Crippen LogP contribution in [0.4, 0.5) is 0 Å². The molecule has 0 aliphatic heterocycles. The maximum atomic E-state index is 7.71. The van der Waals surface area contributed by atoms with Crippen molar-refractivity contribution in [1.82, 2.24) is 0 Å². The van der Waals surface area contributed by atoms with Gasteiger partial charge in [-0.25, -0.2) is 0 Å². The third kappa shape index (κ3) is 40.6. The summed E-state index contributed by atoms with van der Waals surface area (Å²) >= 11 is 5.25. The average molecular weight is 185 g/mol. The Morgan fingerprint density at radius 3 is 2.00 bits per heavy atom. The van der Waals surface area contributed by atoms with Crippen molar-refractivity contribution in [1.29, 1.82) is 0 Å². The fraction of sp³-hybridized carbons (Fsp3) is 1.00. The first kappa shape index (κ1) is 17.1. The molecule has 0 saturated carbocycles. The van der Waals surface area contributed by atoms with Crippen LogP contribution in [0.1, 0.15) is 6.42 Å². The standard InChI is InChI=1S/C3H6ClN3.N3.Na/c4-2-1-3-6-7-5;1-3-2;/h1-3H2;;/q;-1;+1. The van der Waals surface area contributed by atoms with Gasteiger partial charge in [0.15, 0.2) is 0 Å². The molecule has 0 atom stereocenters. The zero-order chi connectivity index (χ0) is 8.24. The molecule has 0 rings (SSSR count). The third-order valence-electron chi connectivity index (χ3n) is 0.455. The first-order chi connectivity index (χ1) is 4.83. The number of hydrogen-bond acceptors (Lipinski definition) is 1. The average Bonchev–Trinajstić information content (AvgIpc) is 1.91. The minimum atomic E-state index is 0. The maximum absolute atomic E-state index is 7.71. The molecule has 0 spiro atoms. The summed E-state index contributed by atoms with van der Waals surface area (Å²) in [5.41, 5.74) is 21.2. The van der Waals surface area contributed by atoms with Gasteiger partial charge in [0.2, 0.25) is 0 Å². The molecule has 0 N–H and O–H groups in total. The van der Waals surface area contributed by atoms with Crippen LogP contribution in [0.15, 0.2) is 5.11 Å². The van der Waals surface area contributed by atoms with E-state index in [-0.39, 0.29) is 29.6 Å². The van der Waals surface area contributed by atoms with Crippen LogP contribution in [0.3, 0.4) is 0 Å². The Kier molecular flexibility index (Phi) is 35.1. The van der Waals surface area contributed by atoms with Crippen LogP contribution in [-0.4, -0.2) is 12.4 Å². The second-order valence-corrected chi connectivity index (χ2v) is 1.46.